The van der Waals surface area contributed by atoms with Crippen molar-refractivity contribution in [1.82, 2.24) is 0 Å². The molecule has 1 rings (SSSR count). The van der Waals surface area contributed by atoms with Gasteiger partial charge in [-0.15, -0.1) is 0 Å². The highest BCUT2D eigenvalue weighted by Crippen LogP contribution is 2.18. The molecule has 0 saturated carbocycles. The van der Waals surface area contributed by atoms with E-state index in [2.05, 4.69) is 31.2 Å². The van der Waals surface area contributed by atoms with Gasteiger partial charge in [0.2, 0.25) is 0 Å². The van der Waals surface area contributed by atoms with Gasteiger partial charge in [-0.2, -0.15) is 0 Å². The summed E-state index contributed by atoms with van der Waals surface area (Å²) in [6, 6.07) is 10.4. The number of carboxylic acids is 1. The molecule has 0 aliphatic rings. The van der Waals surface area contributed by atoms with Crippen molar-refractivity contribution >= 4 is 11.9 Å². The van der Waals surface area contributed by atoms with E-state index in [1.807, 2.05) is 6.07 Å². The van der Waals surface area contributed by atoms with E-state index in [-0.39, 0.29) is 0 Å². The van der Waals surface area contributed by atoms with Crippen LogP contribution in [0, 0.1) is 0 Å². The lowest BCUT2D eigenvalue weighted by molar-refractivity contribution is -0.163. The molecule has 1 aromatic rings. The second kappa shape index (κ2) is 18.7. The Balaban J connectivity index is 2.09. The Hall–Kier alpha value is -1.88. The average molecular weight is 449 g/mol. The fourth-order valence-electron chi connectivity index (χ4n) is 3.92. The second-order valence-electron chi connectivity index (χ2n) is 8.76. The minimum atomic E-state index is -1.05. The first-order chi connectivity index (χ1) is 15.5. The first-order valence-electron chi connectivity index (χ1n) is 12.6. The van der Waals surface area contributed by atoms with Crippen molar-refractivity contribution in [2.24, 2.45) is 0 Å². The highest BCUT2D eigenvalue weighted by Gasteiger charge is 2.19. The van der Waals surface area contributed by atoms with Gasteiger partial charge in [0.1, 0.15) is 0 Å². The lowest BCUT2D eigenvalue weighted by Crippen LogP contribution is -2.25. The summed E-state index contributed by atoms with van der Waals surface area (Å²) in [5, 5.41) is 9.05. The van der Waals surface area contributed by atoms with E-state index in [1.54, 1.807) is 0 Å². The number of carbonyl (C=O) groups is 2. The van der Waals surface area contributed by atoms with Gasteiger partial charge in [0.25, 0.3) is 0 Å². The monoisotopic (exact) mass is 448 g/mol. The SMILES string of the molecule is CCCCCC(CCCCCCCCCCC(OC(C)=O)C(=O)O)OCc1ccccc1. The summed E-state index contributed by atoms with van der Waals surface area (Å²) in [5.41, 5.74) is 1.25. The van der Waals surface area contributed by atoms with Gasteiger partial charge in [-0.05, 0) is 31.2 Å². The normalized spacial score (nSPS) is 12.9. The maximum atomic E-state index is 11.1. The summed E-state index contributed by atoms with van der Waals surface area (Å²) in [6.45, 7) is 4.20. The zero-order valence-corrected chi connectivity index (χ0v) is 20.2. The van der Waals surface area contributed by atoms with Gasteiger partial charge in [-0.3, -0.25) is 4.79 Å². The molecule has 0 spiro atoms. The zero-order valence-electron chi connectivity index (χ0n) is 20.2. The van der Waals surface area contributed by atoms with Crippen molar-refractivity contribution < 1.29 is 24.2 Å². The Kier molecular flexibility index (Phi) is 16.4. The number of rotatable bonds is 20. The van der Waals surface area contributed by atoms with Gasteiger partial charge in [0.15, 0.2) is 6.10 Å². The highest BCUT2D eigenvalue weighted by atomic mass is 16.6. The summed E-state index contributed by atoms with van der Waals surface area (Å²) in [5.74, 6) is -1.59. The lowest BCUT2D eigenvalue weighted by atomic mass is 10.0. The molecule has 0 fully saturated rings. The number of esters is 1. The second-order valence-corrected chi connectivity index (χ2v) is 8.76. The predicted molar refractivity (Wildman–Crippen MR) is 129 cm³/mol. The Labute approximate surface area is 194 Å². The average Bonchev–Trinajstić information content (AvgIpc) is 2.77. The predicted octanol–water partition coefficient (Wildman–Crippen LogP) is 7.07. The van der Waals surface area contributed by atoms with Gasteiger partial charge in [-0.1, -0.05) is 101 Å². The molecule has 0 radical (unpaired) electrons. The number of benzene rings is 1. The first-order valence-corrected chi connectivity index (χ1v) is 12.6. The minimum absolute atomic E-state index is 0.362. The summed E-state index contributed by atoms with van der Waals surface area (Å²) >= 11 is 0. The number of carboxylic acid groups (broad SMARTS) is 1. The molecule has 1 N–H and O–H groups in total. The summed E-state index contributed by atoms with van der Waals surface area (Å²) in [7, 11) is 0. The largest absolute Gasteiger partial charge is 0.479 e. The van der Waals surface area contributed by atoms with E-state index in [9.17, 15) is 9.59 Å². The molecular formula is C27H44O5. The van der Waals surface area contributed by atoms with Crippen LogP contribution in [0.5, 0.6) is 0 Å². The quantitative estimate of drug-likeness (QED) is 0.171. The third-order valence-corrected chi connectivity index (χ3v) is 5.78. The van der Waals surface area contributed by atoms with Crippen molar-refractivity contribution in [2.75, 3.05) is 0 Å². The van der Waals surface area contributed by atoms with Crippen LogP contribution in [-0.4, -0.2) is 29.3 Å². The van der Waals surface area contributed by atoms with Crippen molar-refractivity contribution in [3.63, 3.8) is 0 Å². The summed E-state index contributed by atoms with van der Waals surface area (Å²) in [4.78, 5) is 22.0. The third-order valence-electron chi connectivity index (χ3n) is 5.78. The molecule has 5 nitrogen and oxygen atoms in total. The molecule has 1 aromatic carbocycles. The Morgan fingerprint density at radius 1 is 0.812 bits per heavy atom. The molecule has 5 heteroatoms. The van der Waals surface area contributed by atoms with Crippen LogP contribution in [0.1, 0.15) is 109 Å². The van der Waals surface area contributed by atoms with Crippen molar-refractivity contribution in [2.45, 2.75) is 123 Å². The van der Waals surface area contributed by atoms with Crippen molar-refractivity contribution in [3.05, 3.63) is 35.9 Å². The lowest BCUT2D eigenvalue weighted by Gasteiger charge is -2.18. The van der Waals surface area contributed by atoms with Crippen LogP contribution in [0.15, 0.2) is 30.3 Å². The first kappa shape index (κ1) is 28.2. The zero-order chi connectivity index (χ0) is 23.4. The Morgan fingerprint density at radius 3 is 1.88 bits per heavy atom. The van der Waals surface area contributed by atoms with Gasteiger partial charge in [-0.25, -0.2) is 4.79 Å². The summed E-state index contributed by atoms with van der Waals surface area (Å²) in [6.07, 6.45) is 14.8. The molecule has 0 aliphatic heterocycles. The standard InChI is InChI=1S/C27H44O5/c1-3-4-12-19-25(31-22-24-17-13-11-14-18-24)20-15-9-7-5-6-8-10-16-21-26(27(29)30)32-23(2)28/h11,13-14,17-18,25-26H,3-10,12,15-16,19-22H2,1-2H3,(H,29,30). The van der Waals surface area contributed by atoms with Crippen LogP contribution in [-0.2, 0) is 25.7 Å². The number of hydrogen-bond donors (Lipinski definition) is 1. The molecule has 2 atom stereocenters. The highest BCUT2D eigenvalue weighted by molar-refractivity contribution is 5.76. The topological polar surface area (TPSA) is 72.8 Å². The van der Waals surface area contributed by atoms with Crippen molar-refractivity contribution in [3.8, 4) is 0 Å². The number of aliphatic carboxylic acids is 1. The molecule has 0 bridgehead atoms. The smallest absolute Gasteiger partial charge is 0.345 e. The van der Waals surface area contributed by atoms with Crippen LogP contribution in [0.4, 0.5) is 0 Å². The molecule has 0 amide bonds. The molecular weight excluding hydrogens is 404 g/mol. The van der Waals surface area contributed by atoms with Crippen LogP contribution < -0.4 is 0 Å². The molecule has 32 heavy (non-hydrogen) atoms. The molecule has 2 unspecified atom stereocenters. The molecule has 0 aromatic heterocycles. The number of carbonyl (C=O) groups excluding carboxylic acids is 1. The van der Waals surface area contributed by atoms with E-state index in [0.29, 0.717) is 19.1 Å². The minimum Gasteiger partial charge on any atom is -0.479 e. The maximum absolute atomic E-state index is 11.1. The van der Waals surface area contributed by atoms with Crippen LogP contribution >= 0.6 is 0 Å². The van der Waals surface area contributed by atoms with Gasteiger partial charge >= 0.3 is 11.9 Å². The third kappa shape index (κ3) is 15.0. The van der Waals surface area contributed by atoms with Crippen LogP contribution in [0.25, 0.3) is 0 Å². The Morgan fingerprint density at radius 2 is 1.34 bits per heavy atom. The van der Waals surface area contributed by atoms with E-state index < -0.39 is 18.0 Å². The van der Waals surface area contributed by atoms with E-state index in [1.165, 1.54) is 63.9 Å². The Bertz CT molecular complexity index is 601. The number of hydrogen-bond acceptors (Lipinski definition) is 4. The van der Waals surface area contributed by atoms with E-state index in [4.69, 9.17) is 14.6 Å². The summed E-state index contributed by atoms with van der Waals surface area (Å²) < 4.78 is 11.1. The molecule has 0 heterocycles. The fourth-order valence-corrected chi connectivity index (χ4v) is 3.92. The van der Waals surface area contributed by atoms with E-state index >= 15 is 0 Å². The number of ether oxygens (including phenoxy) is 2. The van der Waals surface area contributed by atoms with Gasteiger partial charge in [0.05, 0.1) is 12.7 Å². The van der Waals surface area contributed by atoms with Crippen LogP contribution in [0.2, 0.25) is 0 Å². The van der Waals surface area contributed by atoms with E-state index in [0.717, 1.165) is 32.1 Å². The molecule has 182 valence electrons. The maximum Gasteiger partial charge on any atom is 0.345 e. The fraction of sp³-hybridized carbons (Fsp3) is 0.704. The van der Waals surface area contributed by atoms with Gasteiger partial charge in [0, 0.05) is 6.92 Å². The van der Waals surface area contributed by atoms with Crippen molar-refractivity contribution in [1.29, 1.82) is 0 Å². The molecule has 0 aliphatic carbocycles. The number of unbranched alkanes of at least 4 members (excludes halogenated alkanes) is 9. The van der Waals surface area contributed by atoms with Gasteiger partial charge < -0.3 is 14.6 Å². The van der Waals surface area contributed by atoms with Crippen LogP contribution in [0.3, 0.4) is 0 Å². The molecule has 0 saturated heterocycles.